The summed E-state index contributed by atoms with van der Waals surface area (Å²) in [5.41, 5.74) is 0.715. The first-order valence-corrected chi connectivity index (χ1v) is 7.00. The van der Waals surface area contributed by atoms with Crippen LogP contribution in [0.1, 0.15) is 20.8 Å². The molecule has 0 aliphatic rings. The SMILES string of the molecule is CC(C)CN(CC(C)C(=O)O)c1c(Cl)cccc1Cl. The van der Waals surface area contributed by atoms with Gasteiger partial charge in [-0.1, -0.05) is 50.0 Å². The van der Waals surface area contributed by atoms with Crippen molar-refractivity contribution >= 4 is 34.9 Å². The second kappa shape index (κ2) is 7.01. The highest BCUT2D eigenvalue weighted by molar-refractivity contribution is 6.39. The zero-order valence-corrected chi connectivity index (χ0v) is 12.9. The fraction of sp³-hybridized carbons (Fsp3) is 0.500. The van der Waals surface area contributed by atoms with Crippen molar-refractivity contribution in [1.29, 1.82) is 0 Å². The molecule has 0 radical (unpaired) electrons. The molecule has 1 N–H and O–H groups in total. The van der Waals surface area contributed by atoms with Crippen LogP contribution in [0.3, 0.4) is 0 Å². The van der Waals surface area contributed by atoms with E-state index in [1.807, 2.05) is 4.90 Å². The molecular formula is C14H19Cl2NO2. The third-order valence-corrected chi connectivity index (χ3v) is 3.37. The smallest absolute Gasteiger partial charge is 0.308 e. The summed E-state index contributed by atoms with van der Waals surface area (Å²) in [6.07, 6.45) is 0. The Kier molecular flexibility index (Phi) is 5.95. The number of anilines is 1. The number of rotatable bonds is 6. The molecule has 1 aromatic rings. The molecule has 0 spiro atoms. The van der Waals surface area contributed by atoms with E-state index in [-0.39, 0.29) is 0 Å². The van der Waals surface area contributed by atoms with Crippen LogP contribution in [0, 0.1) is 11.8 Å². The third kappa shape index (κ3) is 4.59. The fourth-order valence-electron chi connectivity index (χ4n) is 1.90. The Morgan fingerprint density at radius 3 is 2.16 bits per heavy atom. The normalized spacial score (nSPS) is 12.5. The average molecular weight is 304 g/mol. The van der Waals surface area contributed by atoms with Crippen molar-refractivity contribution in [2.45, 2.75) is 20.8 Å². The average Bonchev–Trinajstić information content (AvgIpc) is 2.27. The van der Waals surface area contributed by atoms with Gasteiger partial charge < -0.3 is 10.0 Å². The highest BCUT2D eigenvalue weighted by atomic mass is 35.5. The Labute approximate surface area is 124 Å². The van der Waals surface area contributed by atoms with Gasteiger partial charge in [-0.15, -0.1) is 0 Å². The van der Waals surface area contributed by atoms with Gasteiger partial charge in [-0.3, -0.25) is 4.79 Å². The van der Waals surface area contributed by atoms with Crippen molar-refractivity contribution in [2.75, 3.05) is 18.0 Å². The zero-order chi connectivity index (χ0) is 14.6. The number of para-hydroxylation sites is 1. The summed E-state index contributed by atoms with van der Waals surface area (Å²) >= 11 is 12.4. The van der Waals surface area contributed by atoms with Crippen molar-refractivity contribution in [1.82, 2.24) is 0 Å². The Morgan fingerprint density at radius 1 is 1.21 bits per heavy atom. The van der Waals surface area contributed by atoms with Gasteiger partial charge in [0.15, 0.2) is 0 Å². The lowest BCUT2D eigenvalue weighted by atomic mass is 10.1. The van der Waals surface area contributed by atoms with Gasteiger partial charge >= 0.3 is 5.97 Å². The van der Waals surface area contributed by atoms with E-state index in [1.165, 1.54) is 0 Å². The lowest BCUT2D eigenvalue weighted by molar-refractivity contribution is -0.140. The van der Waals surface area contributed by atoms with Gasteiger partial charge in [-0.05, 0) is 18.1 Å². The standard InChI is InChI=1S/C14H19Cl2NO2/c1-9(2)7-17(8-10(3)14(18)19)13-11(15)5-4-6-12(13)16/h4-6,9-10H,7-8H2,1-3H3,(H,18,19). The van der Waals surface area contributed by atoms with E-state index in [1.54, 1.807) is 25.1 Å². The van der Waals surface area contributed by atoms with E-state index in [9.17, 15) is 4.79 Å². The Balaban J connectivity index is 3.06. The van der Waals surface area contributed by atoms with E-state index >= 15 is 0 Å². The van der Waals surface area contributed by atoms with E-state index in [0.717, 1.165) is 0 Å². The molecular weight excluding hydrogens is 285 g/mol. The molecule has 19 heavy (non-hydrogen) atoms. The number of carbonyl (C=O) groups is 1. The van der Waals surface area contributed by atoms with E-state index in [0.29, 0.717) is 34.7 Å². The summed E-state index contributed by atoms with van der Waals surface area (Å²) in [5.74, 6) is -0.920. The van der Waals surface area contributed by atoms with Crippen LogP contribution < -0.4 is 4.90 Å². The van der Waals surface area contributed by atoms with Gasteiger partial charge in [0, 0.05) is 13.1 Å². The number of hydrogen-bond acceptors (Lipinski definition) is 2. The maximum atomic E-state index is 11.0. The molecule has 5 heteroatoms. The van der Waals surface area contributed by atoms with Crippen LogP contribution in [0.2, 0.25) is 10.0 Å². The van der Waals surface area contributed by atoms with Gasteiger partial charge in [-0.2, -0.15) is 0 Å². The van der Waals surface area contributed by atoms with Crippen molar-refractivity contribution in [3.8, 4) is 0 Å². The maximum Gasteiger partial charge on any atom is 0.308 e. The molecule has 0 heterocycles. The zero-order valence-electron chi connectivity index (χ0n) is 11.4. The Bertz CT molecular complexity index is 429. The lowest BCUT2D eigenvalue weighted by Crippen LogP contribution is -2.35. The van der Waals surface area contributed by atoms with Crippen molar-refractivity contribution in [3.05, 3.63) is 28.2 Å². The maximum absolute atomic E-state index is 11.0. The summed E-state index contributed by atoms with van der Waals surface area (Å²) in [4.78, 5) is 13.0. The number of aliphatic carboxylic acids is 1. The van der Waals surface area contributed by atoms with Gasteiger partial charge in [0.2, 0.25) is 0 Å². The van der Waals surface area contributed by atoms with Crippen LogP contribution in [0.5, 0.6) is 0 Å². The first-order valence-electron chi connectivity index (χ1n) is 6.24. The van der Waals surface area contributed by atoms with Crippen LogP contribution in [0.25, 0.3) is 0 Å². The third-order valence-electron chi connectivity index (χ3n) is 2.76. The van der Waals surface area contributed by atoms with E-state index < -0.39 is 11.9 Å². The minimum atomic E-state index is -0.822. The summed E-state index contributed by atoms with van der Waals surface area (Å²) in [6.45, 7) is 6.92. The topological polar surface area (TPSA) is 40.5 Å². The Morgan fingerprint density at radius 2 is 1.74 bits per heavy atom. The first kappa shape index (κ1) is 16.1. The van der Waals surface area contributed by atoms with Crippen LogP contribution in [-0.4, -0.2) is 24.2 Å². The summed E-state index contributed by atoms with van der Waals surface area (Å²) in [6, 6.07) is 5.31. The first-order chi connectivity index (χ1) is 8.82. The van der Waals surface area contributed by atoms with Gasteiger partial charge in [-0.25, -0.2) is 0 Å². The molecule has 1 aromatic carbocycles. The number of benzene rings is 1. The summed E-state index contributed by atoms with van der Waals surface area (Å²) in [7, 11) is 0. The van der Waals surface area contributed by atoms with Crippen LogP contribution in [0.4, 0.5) is 5.69 Å². The quantitative estimate of drug-likeness (QED) is 0.857. The van der Waals surface area contributed by atoms with Gasteiger partial charge in [0.25, 0.3) is 0 Å². The highest BCUT2D eigenvalue weighted by Crippen LogP contribution is 2.34. The van der Waals surface area contributed by atoms with E-state index in [2.05, 4.69) is 13.8 Å². The number of nitrogens with zero attached hydrogens (tertiary/aromatic N) is 1. The monoisotopic (exact) mass is 303 g/mol. The molecule has 0 saturated carbocycles. The van der Waals surface area contributed by atoms with Crippen LogP contribution in [0.15, 0.2) is 18.2 Å². The predicted molar refractivity (Wildman–Crippen MR) is 80.3 cm³/mol. The minimum absolute atomic E-state index is 0.383. The summed E-state index contributed by atoms with van der Waals surface area (Å²) in [5, 5.41) is 10.2. The molecule has 0 aliphatic heterocycles. The molecule has 0 amide bonds. The second-order valence-electron chi connectivity index (χ2n) is 5.11. The van der Waals surface area contributed by atoms with E-state index in [4.69, 9.17) is 28.3 Å². The van der Waals surface area contributed by atoms with Crippen molar-refractivity contribution < 1.29 is 9.90 Å². The molecule has 1 atom stereocenters. The molecule has 3 nitrogen and oxygen atoms in total. The van der Waals surface area contributed by atoms with Crippen LogP contribution >= 0.6 is 23.2 Å². The number of carboxylic acids is 1. The van der Waals surface area contributed by atoms with Gasteiger partial charge in [0.1, 0.15) is 0 Å². The highest BCUT2D eigenvalue weighted by Gasteiger charge is 2.21. The van der Waals surface area contributed by atoms with Crippen molar-refractivity contribution in [2.24, 2.45) is 11.8 Å². The molecule has 106 valence electrons. The molecule has 0 saturated heterocycles. The fourth-order valence-corrected chi connectivity index (χ4v) is 2.53. The number of halogens is 2. The predicted octanol–water partition coefficient (Wildman–Crippen LogP) is 4.18. The second-order valence-corrected chi connectivity index (χ2v) is 5.92. The molecule has 1 rings (SSSR count). The largest absolute Gasteiger partial charge is 0.481 e. The molecule has 0 aromatic heterocycles. The lowest BCUT2D eigenvalue weighted by Gasteiger charge is -2.30. The molecule has 0 bridgehead atoms. The van der Waals surface area contributed by atoms with Crippen molar-refractivity contribution in [3.63, 3.8) is 0 Å². The molecule has 0 fully saturated rings. The number of hydrogen-bond donors (Lipinski definition) is 1. The molecule has 1 unspecified atom stereocenters. The van der Waals surface area contributed by atoms with Gasteiger partial charge in [0.05, 0.1) is 21.7 Å². The molecule has 0 aliphatic carbocycles. The minimum Gasteiger partial charge on any atom is -0.481 e. The number of carboxylic acid groups (broad SMARTS) is 1. The van der Waals surface area contributed by atoms with Crippen LogP contribution in [-0.2, 0) is 4.79 Å². The Hall–Kier alpha value is -0.930. The summed E-state index contributed by atoms with van der Waals surface area (Å²) < 4.78 is 0.